The van der Waals surface area contributed by atoms with E-state index in [9.17, 15) is 0 Å². The quantitative estimate of drug-likeness (QED) is 0.163. The number of imidazole rings is 1. The van der Waals surface area contributed by atoms with Crippen molar-refractivity contribution < 1.29 is 0 Å². The highest BCUT2D eigenvalue weighted by atomic mass is 15.1. The molecule has 0 aliphatic heterocycles. The maximum atomic E-state index is 5.29. The van der Waals surface area contributed by atoms with Gasteiger partial charge in [0.05, 0.1) is 11.0 Å². The van der Waals surface area contributed by atoms with Gasteiger partial charge in [-0.1, -0.05) is 166 Å². The predicted octanol–water partition coefficient (Wildman–Crippen LogP) is 15.4. The third-order valence-corrected chi connectivity index (χ3v) is 13.5. The normalized spacial score (nSPS) is 13.3. The molecule has 280 valence electrons. The van der Waals surface area contributed by atoms with Crippen molar-refractivity contribution in [1.29, 1.82) is 0 Å². The van der Waals surface area contributed by atoms with E-state index in [1.54, 1.807) is 0 Å². The van der Waals surface area contributed by atoms with E-state index in [0.717, 1.165) is 28.1 Å². The fourth-order valence-electron chi connectivity index (χ4n) is 10.9. The van der Waals surface area contributed by atoms with Crippen LogP contribution in [0.3, 0.4) is 0 Å². The van der Waals surface area contributed by atoms with E-state index >= 15 is 0 Å². The summed E-state index contributed by atoms with van der Waals surface area (Å²) in [5.41, 5.74) is 19.8. The molecule has 0 spiro atoms. The Labute approximate surface area is 348 Å². The Balaban J connectivity index is 1.14. The highest BCUT2D eigenvalue weighted by Crippen LogP contribution is 2.55. The number of aromatic nitrogens is 2. The van der Waals surface area contributed by atoms with Gasteiger partial charge in [0.2, 0.25) is 0 Å². The number of hydrogen-bond acceptors (Lipinski definition) is 1. The van der Waals surface area contributed by atoms with Crippen LogP contribution in [0.1, 0.15) is 25.0 Å². The highest BCUT2D eigenvalue weighted by molar-refractivity contribution is 6.27. The Kier molecular flexibility index (Phi) is 6.82. The van der Waals surface area contributed by atoms with E-state index in [2.05, 4.69) is 213 Å². The third-order valence-electron chi connectivity index (χ3n) is 13.5. The van der Waals surface area contributed by atoms with Crippen molar-refractivity contribution in [3.8, 4) is 72.7 Å². The largest absolute Gasteiger partial charge is 0.292 e. The summed E-state index contributed by atoms with van der Waals surface area (Å²) in [5, 5.41) is 7.68. The molecule has 1 aromatic heterocycles. The molecule has 2 aliphatic carbocycles. The number of benzene rings is 10. The minimum Gasteiger partial charge on any atom is -0.292 e. The first-order valence-corrected chi connectivity index (χ1v) is 21.0. The summed E-state index contributed by atoms with van der Waals surface area (Å²) in [6.07, 6.45) is 0. The van der Waals surface area contributed by atoms with Gasteiger partial charge in [0, 0.05) is 16.7 Å². The maximum Gasteiger partial charge on any atom is 0.145 e. The van der Waals surface area contributed by atoms with Gasteiger partial charge >= 0.3 is 0 Å². The van der Waals surface area contributed by atoms with E-state index in [4.69, 9.17) is 4.98 Å². The number of para-hydroxylation sites is 3. The standard InChI is InChI=1S/C58H38N2/c1-58(2)50-27-11-10-22-40(50)47-33-48-49(34-51(47)58)54(35-16-14-17-36(32-35)57-59-52-28-12-13-29-53(52)60(57)37-18-4-3-5-19-37)42-23-8-9-24-43(42)56(48)46-31-30-45-39-21-7-6-20-38(39)41-25-15-26-44(46)55(41)45/h3-34H,1-2H3. The molecule has 0 atom stereocenters. The Morgan fingerprint density at radius 3 is 1.82 bits per heavy atom. The van der Waals surface area contributed by atoms with Gasteiger partial charge < -0.3 is 0 Å². The molecular weight excluding hydrogens is 725 g/mol. The van der Waals surface area contributed by atoms with Crippen LogP contribution in [0, 0.1) is 0 Å². The molecule has 0 N–H and O–H groups in total. The number of hydrogen-bond donors (Lipinski definition) is 0. The van der Waals surface area contributed by atoms with Gasteiger partial charge in [0.1, 0.15) is 5.82 Å². The van der Waals surface area contributed by atoms with Crippen LogP contribution in [-0.2, 0) is 5.41 Å². The fraction of sp³-hybridized carbons (Fsp3) is 0.0517. The second-order valence-electron chi connectivity index (χ2n) is 17.0. The summed E-state index contributed by atoms with van der Waals surface area (Å²) in [5.74, 6) is 0.931. The first-order valence-electron chi connectivity index (χ1n) is 21.0. The summed E-state index contributed by atoms with van der Waals surface area (Å²) in [7, 11) is 0. The van der Waals surface area contributed by atoms with E-state index in [0.29, 0.717) is 0 Å². The van der Waals surface area contributed by atoms with Gasteiger partial charge in [-0.05, 0) is 142 Å². The molecule has 0 saturated carbocycles. The molecule has 0 saturated heterocycles. The Hall–Kier alpha value is -7.55. The highest BCUT2D eigenvalue weighted by Gasteiger charge is 2.36. The van der Waals surface area contributed by atoms with Crippen LogP contribution in [-0.4, -0.2) is 9.55 Å². The van der Waals surface area contributed by atoms with Crippen LogP contribution in [0.25, 0.3) is 116 Å². The Bertz CT molecular complexity index is 3590. The SMILES string of the molecule is CC1(C)c2ccccc2-c2cc3c(-c4ccc5c6c(cccc46)-c4ccccc4-5)c4ccccc4c(-c4cccc(-c5nc6ccccc6n5-c5ccccc5)c4)c3cc21. The fourth-order valence-corrected chi connectivity index (χ4v) is 10.9. The Morgan fingerprint density at radius 1 is 0.383 bits per heavy atom. The third kappa shape index (κ3) is 4.51. The number of rotatable bonds is 4. The zero-order valence-electron chi connectivity index (χ0n) is 33.4. The van der Waals surface area contributed by atoms with Crippen LogP contribution < -0.4 is 0 Å². The molecule has 0 amide bonds. The zero-order chi connectivity index (χ0) is 39.7. The van der Waals surface area contributed by atoms with Gasteiger partial charge in [-0.15, -0.1) is 0 Å². The first kappa shape index (κ1) is 33.4. The minimum absolute atomic E-state index is 0.153. The maximum absolute atomic E-state index is 5.29. The predicted molar refractivity (Wildman–Crippen MR) is 252 cm³/mol. The summed E-state index contributed by atoms with van der Waals surface area (Å²) in [6.45, 7) is 4.78. The van der Waals surface area contributed by atoms with Crippen LogP contribution in [0.4, 0.5) is 0 Å². The Morgan fingerprint density at radius 2 is 0.983 bits per heavy atom. The number of fused-ring (bicyclic) bond motifs is 9. The van der Waals surface area contributed by atoms with Gasteiger partial charge in [-0.2, -0.15) is 0 Å². The van der Waals surface area contributed by atoms with Crippen LogP contribution in [0.2, 0.25) is 0 Å². The molecule has 2 nitrogen and oxygen atoms in total. The lowest BCUT2D eigenvalue weighted by atomic mass is 9.79. The molecule has 13 rings (SSSR count). The molecule has 11 aromatic rings. The van der Waals surface area contributed by atoms with E-state index in [-0.39, 0.29) is 5.41 Å². The van der Waals surface area contributed by atoms with Crippen LogP contribution in [0.15, 0.2) is 194 Å². The van der Waals surface area contributed by atoms with Crippen molar-refractivity contribution in [2.75, 3.05) is 0 Å². The lowest BCUT2D eigenvalue weighted by molar-refractivity contribution is 0.661. The smallest absolute Gasteiger partial charge is 0.145 e. The van der Waals surface area contributed by atoms with Crippen LogP contribution >= 0.6 is 0 Å². The van der Waals surface area contributed by atoms with Gasteiger partial charge in [0.15, 0.2) is 0 Å². The second-order valence-corrected chi connectivity index (χ2v) is 17.0. The van der Waals surface area contributed by atoms with E-state index < -0.39 is 0 Å². The molecule has 0 unspecified atom stereocenters. The topological polar surface area (TPSA) is 17.8 Å². The average Bonchev–Trinajstić information content (AvgIpc) is 3.92. The summed E-state index contributed by atoms with van der Waals surface area (Å²) < 4.78 is 2.30. The van der Waals surface area contributed by atoms with E-state index in [1.807, 2.05) is 0 Å². The van der Waals surface area contributed by atoms with Crippen molar-refractivity contribution in [1.82, 2.24) is 9.55 Å². The molecule has 1 heterocycles. The molecule has 2 heteroatoms. The average molecular weight is 763 g/mol. The molecule has 0 bridgehead atoms. The van der Waals surface area contributed by atoms with Crippen molar-refractivity contribution in [3.63, 3.8) is 0 Å². The monoisotopic (exact) mass is 762 g/mol. The summed E-state index contributed by atoms with van der Waals surface area (Å²) >= 11 is 0. The van der Waals surface area contributed by atoms with Crippen molar-refractivity contribution in [2.24, 2.45) is 0 Å². The van der Waals surface area contributed by atoms with E-state index in [1.165, 1.54) is 99.1 Å². The molecule has 0 fully saturated rings. The molecule has 0 radical (unpaired) electrons. The lowest BCUT2D eigenvalue weighted by Gasteiger charge is -2.24. The van der Waals surface area contributed by atoms with Crippen molar-refractivity contribution in [3.05, 3.63) is 205 Å². The molecule has 10 aromatic carbocycles. The lowest BCUT2D eigenvalue weighted by Crippen LogP contribution is -2.14. The van der Waals surface area contributed by atoms with Crippen molar-refractivity contribution >= 4 is 43.4 Å². The first-order chi connectivity index (χ1) is 29.5. The number of nitrogens with zero attached hydrogens (tertiary/aromatic N) is 2. The molecular formula is C58H38N2. The van der Waals surface area contributed by atoms with Crippen molar-refractivity contribution in [2.45, 2.75) is 19.3 Å². The second kappa shape index (κ2) is 12.2. The zero-order valence-corrected chi connectivity index (χ0v) is 33.4. The minimum atomic E-state index is -0.153. The van der Waals surface area contributed by atoms with Gasteiger partial charge in [-0.25, -0.2) is 4.98 Å². The molecule has 2 aliphatic rings. The summed E-state index contributed by atoms with van der Waals surface area (Å²) in [6, 6.07) is 71.8. The van der Waals surface area contributed by atoms with Gasteiger partial charge in [-0.3, -0.25) is 4.57 Å². The van der Waals surface area contributed by atoms with Gasteiger partial charge in [0.25, 0.3) is 0 Å². The summed E-state index contributed by atoms with van der Waals surface area (Å²) in [4.78, 5) is 5.29. The molecule has 60 heavy (non-hydrogen) atoms. The van der Waals surface area contributed by atoms with Crippen LogP contribution in [0.5, 0.6) is 0 Å².